The largest absolute Gasteiger partial charge is 0.448 e. The Morgan fingerprint density at radius 1 is 1.11 bits per heavy atom. The van der Waals surface area contributed by atoms with Crippen molar-refractivity contribution in [3.8, 4) is 17.1 Å². The Hall–Kier alpha value is -1.53. The van der Waals surface area contributed by atoms with Gasteiger partial charge in [-0.15, -0.1) is 0 Å². The summed E-state index contributed by atoms with van der Waals surface area (Å²) >= 11 is 6.76. The minimum Gasteiger partial charge on any atom is -0.448 e. The van der Waals surface area contributed by atoms with Gasteiger partial charge in [0.15, 0.2) is 10.4 Å². The third-order valence-electron chi connectivity index (χ3n) is 2.64. The first kappa shape index (κ1) is 12.5. The van der Waals surface area contributed by atoms with E-state index in [0.29, 0.717) is 21.9 Å². The molecule has 3 aromatic rings. The van der Waals surface area contributed by atoms with Crippen molar-refractivity contribution in [3.63, 3.8) is 0 Å². The summed E-state index contributed by atoms with van der Waals surface area (Å²) < 4.78 is 8.75. The van der Waals surface area contributed by atoms with E-state index in [1.807, 2.05) is 36.4 Å². The third kappa shape index (κ3) is 2.33. The van der Waals surface area contributed by atoms with Gasteiger partial charge in [-0.3, -0.25) is 0 Å². The molecule has 0 saturated heterocycles. The molecule has 0 unspecified atom stereocenters. The van der Waals surface area contributed by atoms with Gasteiger partial charge in [-0.25, -0.2) is 4.68 Å². The van der Waals surface area contributed by atoms with Crippen LogP contribution in [0, 0.1) is 0 Å². The molecule has 96 valence electrons. The second-order valence-corrected chi connectivity index (χ2v) is 5.56. The topological polar surface area (TPSA) is 57.0 Å². The van der Waals surface area contributed by atoms with Crippen LogP contribution in [0.15, 0.2) is 56.0 Å². The van der Waals surface area contributed by atoms with Crippen LogP contribution in [0.5, 0.6) is 0 Å². The van der Waals surface area contributed by atoms with Crippen LogP contribution in [0.1, 0.15) is 0 Å². The van der Waals surface area contributed by atoms with Gasteiger partial charge < -0.3 is 10.2 Å². The molecule has 6 heteroatoms. The molecule has 2 aromatic heterocycles. The maximum atomic E-state index is 6.01. The highest BCUT2D eigenvalue weighted by atomic mass is 79.9. The van der Waals surface area contributed by atoms with E-state index < -0.39 is 0 Å². The molecule has 0 aliphatic rings. The maximum absolute atomic E-state index is 6.01. The minimum absolute atomic E-state index is 0.550. The summed E-state index contributed by atoms with van der Waals surface area (Å²) in [5.74, 6) is 1.22. The van der Waals surface area contributed by atoms with E-state index in [2.05, 4.69) is 37.0 Å². The van der Waals surface area contributed by atoms with Crippen molar-refractivity contribution in [3.05, 3.63) is 51.6 Å². The number of hydrogen-bond acceptors (Lipinski definition) is 3. The van der Waals surface area contributed by atoms with Crippen LogP contribution in [0.25, 0.3) is 17.1 Å². The minimum atomic E-state index is 0.550. The zero-order valence-electron chi connectivity index (χ0n) is 9.68. The van der Waals surface area contributed by atoms with Crippen LogP contribution >= 0.6 is 31.9 Å². The molecule has 0 bridgehead atoms. The van der Waals surface area contributed by atoms with E-state index in [0.717, 1.165) is 10.2 Å². The number of aromatic nitrogens is 2. The Morgan fingerprint density at radius 2 is 1.89 bits per heavy atom. The van der Waals surface area contributed by atoms with Crippen LogP contribution < -0.4 is 5.73 Å². The molecular formula is C13H9Br2N3O. The molecular weight excluding hydrogens is 374 g/mol. The van der Waals surface area contributed by atoms with Crippen molar-refractivity contribution in [1.29, 1.82) is 0 Å². The van der Waals surface area contributed by atoms with Crippen LogP contribution in [0.4, 0.5) is 5.82 Å². The Labute approximate surface area is 126 Å². The van der Waals surface area contributed by atoms with Gasteiger partial charge in [0.1, 0.15) is 11.5 Å². The Balaban J connectivity index is 2.10. The van der Waals surface area contributed by atoms with Gasteiger partial charge in [0.2, 0.25) is 0 Å². The van der Waals surface area contributed by atoms with Crippen LogP contribution in [-0.4, -0.2) is 9.78 Å². The molecule has 0 aliphatic heterocycles. The highest BCUT2D eigenvalue weighted by Crippen LogP contribution is 2.28. The van der Waals surface area contributed by atoms with Crippen molar-refractivity contribution in [2.24, 2.45) is 0 Å². The molecule has 2 heterocycles. The number of para-hydroxylation sites is 1. The molecule has 2 N–H and O–H groups in total. The van der Waals surface area contributed by atoms with Gasteiger partial charge in [-0.1, -0.05) is 12.1 Å². The number of rotatable bonds is 2. The lowest BCUT2D eigenvalue weighted by Crippen LogP contribution is -2.02. The number of nitrogens with two attached hydrogens (primary N) is 1. The zero-order valence-corrected chi connectivity index (χ0v) is 12.8. The molecule has 4 nitrogen and oxygen atoms in total. The first-order chi connectivity index (χ1) is 9.15. The third-order valence-corrected chi connectivity index (χ3v) is 3.74. The van der Waals surface area contributed by atoms with Gasteiger partial charge in [0.25, 0.3) is 0 Å². The number of hydrogen-bond donors (Lipinski definition) is 1. The average Bonchev–Trinajstić information content (AvgIpc) is 2.96. The van der Waals surface area contributed by atoms with Gasteiger partial charge >= 0.3 is 0 Å². The van der Waals surface area contributed by atoms with E-state index in [9.17, 15) is 0 Å². The molecule has 0 atom stereocenters. The number of furan rings is 1. The number of benzene rings is 1. The summed E-state index contributed by atoms with van der Waals surface area (Å²) in [7, 11) is 0. The first-order valence-corrected chi connectivity index (χ1v) is 7.10. The Bertz CT molecular complexity index is 733. The highest BCUT2D eigenvalue weighted by molar-refractivity contribution is 9.10. The fourth-order valence-corrected chi connectivity index (χ4v) is 2.54. The number of nitrogens with zero attached hydrogens (tertiary/aromatic N) is 2. The molecule has 0 fully saturated rings. The molecule has 19 heavy (non-hydrogen) atoms. The molecule has 0 saturated carbocycles. The van der Waals surface area contributed by atoms with Gasteiger partial charge in [-0.2, -0.15) is 5.10 Å². The van der Waals surface area contributed by atoms with Crippen molar-refractivity contribution in [1.82, 2.24) is 9.78 Å². The second-order valence-electron chi connectivity index (χ2n) is 3.92. The lowest BCUT2D eigenvalue weighted by molar-refractivity contribution is 0.553. The molecule has 0 amide bonds. The van der Waals surface area contributed by atoms with Gasteiger partial charge in [0, 0.05) is 10.5 Å². The first-order valence-electron chi connectivity index (χ1n) is 5.51. The summed E-state index contributed by atoms with van der Waals surface area (Å²) in [6.07, 6.45) is 0. The highest BCUT2D eigenvalue weighted by Gasteiger charge is 2.13. The van der Waals surface area contributed by atoms with Crippen molar-refractivity contribution < 1.29 is 4.42 Å². The van der Waals surface area contributed by atoms with Crippen LogP contribution in [-0.2, 0) is 0 Å². The number of anilines is 1. The smallest absolute Gasteiger partial charge is 0.169 e. The summed E-state index contributed by atoms with van der Waals surface area (Å²) in [6.45, 7) is 0. The second kappa shape index (κ2) is 4.86. The van der Waals surface area contributed by atoms with E-state index >= 15 is 0 Å². The van der Waals surface area contributed by atoms with E-state index in [4.69, 9.17) is 10.2 Å². The van der Waals surface area contributed by atoms with Gasteiger partial charge in [-0.05, 0) is 56.1 Å². The SMILES string of the molecule is Nc1cc(-c2ccc(Br)o2)nn1-c1ccccc1Br. The summed E-state index contributed by atoms with van der Waals surface area (Å²) in [5.41, 5.74) is 7.59. The fraction of sp³-hybridized carbons (Fsp3) is 0. The molecule has 1 aromatic carbocycles. The maximum Gasteiger partial charge on any atom is 0.169 e. The van der Waals surface area contributed by atoms with Crippen molar-refractivity contribution >= 4 is 37.7 Å². The zero-order chi connectivity index (χ0) is 13.4. The normalized spacial score (nSPS) is 10.8. The standard InChI is InChI=1S/C13H9Br2N3O/c14-8-3-1-2-4-10(8)18-13(16)7-9(17-18)11-5-6-12(15)19-11/h1-7H,16H2. The molecule has 3 rings (SSSR count). The fourth-order valence-electron chi connectivity index (χ4n) is 1.78. The van der Waals surface area contributed by atoms with Crippen molar-refractivity contribution in [2.45, 2.75) is 0 Å². The number of nitrogen functional groups attached to an aromatic ring is 1. The Kier molecular flexibility index (Phi) is 3.20. The van der Waals surface area contributed by atoms with Crippen molar-refractivity contribution in [2.75, 3.05) is 5.73 Å². The van der Waals surface area contributed by atoms with E-state index in [1.165, 1.54) is 0 Å². The number of halogens is 2. The average molecular weight is 383 g/mol. The lowest BCUT2D eigenvalue weighted by atomic mass is 10.3. The lowest BCUT2D eigenvalue weighted by Gasteiger charge is -2.05. The summed E-state index contributed by atoms with van der Waals surface area (Å²) in [5, 5.41) is 4.47. The molecule has 0 aliphatic carbocycles. The van der Waals surface area contributed by atoms with E-state index in [-0.39, 0.29) is 0 Å². The summed E-state index contributed by atoms with van der Waals surface area (Å²) in [6, 6.07) is 13.2. The van der Waals surface area contributed by atoms with Crippen LogP contribution in [0.2, 0.25) is 0 Å². The quantitative estimate of drug-likeness (QED) is 0.721. The molecule has 0 radical (unpaired) electrons. The predicted molar refractivity (Wildman–Crippen MR) is 81.1 cm³/mol. The predicted octanol–water partition coefficient (Wildman–Crippen LogP) is 4.24. The van der Waals surface area contributed by atoms with Crippen LogP contribution in [0.3, 0.4) is 0 Å². The Morgan fingerprint density at radius 3 is 2.58 bits per heavy atom. The molecule has 0 spiro atoms. The monoisotopic (exact) mass is 381 g/mol. The summed E-state index contributed by atoms with van der Waals surface area (Å²) in [4.78, 5) is 0. The van der Waals surface area contributed by atoms with E-state index in [1.54, 1.807) is 10.7 Å². The van der Waals surface area contributed by atoms with Gasteiger partial charge in [0.05, 0.1) is 5.69 Å².